The molecule has 0 spiro atoms. The van der Waals surface area contributed by atoms with Gasteiger partial charge in [0.15, 0.2) is 6.29 Å². The number of ether oxygens (including phenoxy) is 2. The third-order valence-electron chi connectivity index (χ3n) is 3.06. The van der Waals surface area contributed by atoms with E-state index in [0.29, 0.717) is 5.56 Å². The number of aliphatic hydroxyl groups excluding tert-OH is 3. The molecular formula is C12H15NO7. The van der Waals surface area contributed by atoms with Crippen molar-refractivity contribution in [3.05, 3.63) is 39.9 Å². The topological polar surface area (TPSA) is 122 Å². The molecule has 3 N–H and O–H groups in total. The van der Waals surface area contributed by atoms with Gasteiger partial charge < -0.3 is 24.8 Å². The average Bonchev–Trinajstić information content (AvgIpc) is 2.73. The SMILES string of the molecule is O=[N+]([O-])c1ccc(CO[C@H]2O[C@H](CO)[C@@H](O)[C@@H]2O)cc1. The highest BCUT2D eigenvalue weighted by Crippen LogP contribution is 2.23. The fourth-order valence-corrected chi connectivity index (χ4v) is 1.90. The summed E-state index contributed by atoms with van der Waals surface area (Å²) in [6.45, 7) is -0.361. The molecule has 1 aliphatic rings. The summed E-state index contributed by atoms with van der Waals surface area (Å²) in [5, 5.41) is 38.6. The Morgan fingerprint density at radius 3 is 2.40 bits per heavy atom. The predicted molar refractivity (Wildman–Crippen MR) is 65.6 cm³/mol. The van der Waals surface area contributed by atoms with Crippen molar-refractivity contribution < 1.29 is 29.7 Å². The maximum atomic E-state index is 10.5. The molecule has 2 rings (SSSR count). The van der Waals surface area contributed by atoms with Gasteiger partial charge in [-0.05, 0) is 17.7 Å². The minimum absolute atomic E-state index is 0.0262. The van der Waals surface area contributed by atoms with Crippen LogP contribution in [0, 0.1) is 10.1 Å². The standard InChI is InChI=1S/C12H15NO7/c14-5-9-10(15)11(16)12(20-9)19-6-7-1-3-8(4-2-7)13(17)18/h1-4,9-12,14-16H,5-6H2/t9-,10-,11+,12+/m1/s1. The first-order valence-electron chi connectivity index (χ1n) is 6.00. The van der Waals surface area contributed by atoms with Crippen LogP contribution in [0.3, 0.4) is 0 Å². The van der Waals surface area contributed by atoms with Gasteiger partial charge >= 0.3 is 0 Å². The summed E-state index contributed by atoms with van der Waals surface area (Å²) >= 11 is 0. The largest absolute Gasteiger partial charge is 0.394 e. The van der Waals surface area contributed by atoms with Crippen LogP contribution in [0.4, 0.5) is 5.69 Å². The van der Waals surface area contributed by atoms with E-state index in [9.17, 15) is 20.3 Å². The zero-order valence-electron chi connectivity index (χ0n) is 10.5. The van der Waals surface area contributed by atoms with E-state index in [0.717, 1.165) is 0 Å². The first-order chi connectivity index (χ1) is 9.52. The summed E-state index contributed by atoms with van der Waals surface area (Å²) < 4.78 is 10.4. The van der Waals surface area contributed by atoms with Crippen molar-refractivity contribution in [2.24, 2.45) is 0 Å². The third-order valence-corrected chi connectivity index (χ3v) is 3.06. The van der Waals surface area contributed by atoms with Crippen molar-refractivity contribution in [2.75, 3.05) is 6.61 Å². The second kappa shape index (κ2) is 6.25. The quantitative estimate of drug-likeness (QED) is 0.494. The second-order valence-electron chi connectivity index (χ2n) is 4.44. The number of non-ortho nitro benzene ring substituents is 1. The smallest absolute Gasteiger partial charge is 0.269 e. The molecule has 1 saturated heterocycles. The fourth-order valence-electron chi connectivity index (χ4n) is 1.90. The normalized spacial score (nSPS) is 29.6. The first-order valence-corrected chi connectivity index (χ1v) is 6.00. The van der Waals surface area contributed by atoms with Gasteiger partial charge in [-0.2, -0.15) is 0 Å². The van der Waals surface area contributed by atoms with Crippen LogP contribution in [0.5, 0.6) is 0 Å². The van der Waals surface area contributed by atoms with Gasteiger partial charge in [0.25, 0.3) is 5.69 Å². The lowest BCUT2D eigenvalue weighted by Crippen LogP contribution is -2.34. The zero-order chi connectivity index (χ0) is 14.7. The number of rotatable bonds is 5. The number of hydrogen-bond donors (Lipinski definition) is 3. The predicted octanol–water partition coefficient (Wildman–Crippen LogP) is -0.450. The van der Waals surface area contributed by atoms with Crippen LogP contribution in [-0.4, -0.2) is 51.5 Å². The molecule has 20 heavy (non-hydrogen) atoms. The van der Waals surface area contributed by atoms with Crippen molar-refractivity contribution in [1.29, 1.82) is 0 Å². The van der Waals surface area contributed by atoms with Crippen LogP contribution >= 0.6 is 0 Å². The van der Waals surface area contributed by atoms with Crippen molar-refractivity contribution in [3.8, 4) is 0 Å². The first kappa shape index (κ1) is 14.8. The second-order valence-corrected chi connectivity index (χ2v) is 4.44. The van der Waals surface area contributed by atoms with E-state index < -0.39 is 36.1 Å². The highest BCUT2D eigenvalue weighted by atomic mass is 16.7. The molecular weight excluding hydrogens is 270 g/mol. The van der Waals surface area contributed by atoms with Crippen LogP contribution in [0.2, 0.25) is 0 Å². The van der Waals surface area contributed by atoms with Crippen LogP contribution in [0.25, 0.3) is 0 Å². The van der Waals surface area contributed by atoms with Crippen molar-refractivity contribution in [1.82, 2.24) is 0 Å². The van der Waals surface area contributed by atoms with Gasteiger partial charge in [-0.3, -0.25) is 10.1 Å². The lowest BCUT2D eigenvalue weighted by Gasteiger charge is -2.15. The van der Waals surface area contributed by atoms with E-state index in [4.69, 9.17) is 14.6 Å². The number of nitro benzene ring substituents is 1. The van der Waals surface area contributed by atoms with Gasteiger partial charge in [0, 0.05) is 12.1 Å². The Balaban J connectivity index is 1.91. The summed E-state index contributed by atoms with van der Waals surface area (Å²) in [5.74, 6) is 0. The molecule has 0 radical (unpaired) electrons. The molecule has 0 saturated carbocycles. The molecule has 1 fully saturated rings. The van der Waals surface area contributed by atoms with E-state index >= 15 is 0 Å². The fraction of sp³-hybridized carbons (Fsp3) is 0.500. The number of nitro groups is 1. The van der Waals surface area contributed by atoms with Crippen LogP contribution in [0.1, 0.15) is 5.56 Å². The maximum absolute atomic E-state index is 10.5. The number of aliphatic hydroxyl groups is 3. The van der Waals surface area contributed by atoms with Crippen LogP contribution in [0.15, 0.2) is 24.3 Å². The van der Waals surface area contributed by atoms with Crippen molar-refractivity contribution in [2.45, 2.75) is 31.2 Å². The van der Waals surface area contributed by atoms with Gasteiger partial charge in [0.1, 0.15) is 18.3 Å². The summed E-state index contributed by atoms with van der Waals surface area (Å²) in [4.78, 5) is 9.99. The Hall–Kier alpha value is -1.58. The molecule has 0 bridgehead atoms. The summed E-state index contributed by atoms with van der Waals surface area (Å²) in [6.07, 6.45) is -4.38. The molecule has 0 aliphatic carbocycles. The minimum atomic E-state index is -1.25. The molecule has 8 nitrogen and oxygen atoms in total. The lowest BCUT2D eigenvalue weighted by molar-refractivity contribution is -0.384. The highest BCUT2D eigenvalue weighted by molar-refractivity contribution is 5.32. The summed E-state index contributed by atoms with van der Waals surface area (Å²) in [7, 11) is 0. The van der Waals surface area contributed by atoms with E-state index in [1.165, 1.54) is 24.3 Å². The molecule has 1 heterocycles. The maximum Gasteiger partial charge on any atom is 0.269 e. The zero-order valence-corrected chi connectivity index (χ0v) is 10.5. The Labute approximate surface area is 114 Å². The molecule has 0 unspecified atom stereocenters. The van der Waals surface area contributed by atoms with E-state index in [1.807, 2.05) is 0 Å². The van der Waals surface area contributed by atoms with Gasteiger partial charge in [0.05, 0.1) is 18.1 Å². The molecule has 4 atom stereocenters. The van der Waals surface area contributed by atoms with E-state index in [2.05, 4.69) is 0 Å². The molecule has 1 aliphatic heterocycles. The Morgan fingerprint density at radius 2 is 1.90 bits per heavy atom. The minimum Gasteiger partial charge on any atom is -0.394 e. The molecule has 0 aromatic heterocycles. The van der Waals surface area contributed by atoms with Crippen LogP contribution < -0.4 is 0 Å². The molecule has 0 amide bonds. The number of hydrogen-bond acceptors (Lipinski definition) is 7. The van der Waals surface area contributed by atoms with Crippen molar-refractivity contribution in [3.63, 3.8) is 0 Å². The molecule has 8 heteroatoms. The molecule has 1 aromatic carbocycles. The van der Waals surface area contributed by atoms with Gasteiger partial charge in [0.2, 0.25) is 0 Å². The summed E-state index contributed by atoms with van der Waals surface area (Å²) in [5.41, 5.74) is 0.634. The van der Waals surface area contributed by atoms with Gasteiger partial charge in [-0.1, -0.05) is 0 Å². The van der Waals surface area contributed by atoms with Crippen molar-refractivity contribution >= 4 is 5.69 Å². The molecule has 1 aromatic rings. The summed E-state index contributed by atoms with van der Waals surface area (Å²) in [6, 6.07) is 5.74. The van der Waals surface area contributed by atoms with E-state index in [-0.39, 0.29) is 12.3 Å². The lowest BCUT2D eigenvalue weighted by atomic mass is 10.1. The Morgan fingerprint density at radius 1 is 1.25 bits per heavy atom. The number of nitrogens with zero attached hydrogens (tertiary/aromatic N) is 1. The molecule has 110 valence electrons. The third kappa shape index (κ3) is 3.11. The van der Waals surface area contributed by atoms with E-state index in [1.54, 1.807) is 0 Å². The Kier molecular flexibility index (Phi) is 4.63. The van der Waals surface area contributed by atoms with Gasteiger partial charge in [-0.15, -0.1) is 0 Å². The van der Waals surface area contributed by atoms with Gasteiger partial charge in [-0.25, -0.2) is 0 Å². The Bertz CT molecular complexity index is 463. The average molecular weight is 285 g/mol. The monoisotopic (exact) mass is 285 g/mol. The van der Waals surface area contributed by atoms with Crippen LogP contribution in [-0.2, 0) is 16.1 Å². The number of benzene rings is 1. The highest BCUT2D eigenvalue weighted by Gasteiger charge is 2.42.